The monoisotopic (exact) mass is 548 g/mol. The standard InChI is InChI=1S/C32H53BrO2/c1-20(2)9-8-10-22(5)26-13-14-27-25-12-11-23-19-24(35-30(34)29(33)21(3)4)15-17-31(23,6)28(25)16-18-32(26,27)7/h11,20-22,24-29H,8-10,12-19H2,1-7H3/t22-,24+,25-,26+,27-,28-,29-,31+,32-/m1/s1. The molecule has 0 amide bonds. The second-order valence-electron chi connectivity index (χ2n) is 14.2. The van der Waals surface area contributed by atoms with Gasteiger partial charge >= 0.3 is 5.97 Å². The number of carbonyl (C=O) groups is 1. The number of esters is 1. The van der Waals surface area contributed by atoms with Crippen LogP contribution in [0.1, 0.15) is 119 Å². The molecule has 2 nitrogen and oxygen atoms in total. The van der Waals surface area contributed by atoms with Crippen LogP contribution < -0.4 is 0 Å². The molecule has 200 valence electrons. The third-order valence-corrected chi connectivity index (χ3v) is 12.8. The SMILES string of the molecule is CC(C)CCC[C@@H](C)[C@@H]1CC[C@@H]2[C@H]3CC=C4C[C@@H](OC(=O)[C@H](Br)C(C)C)CC[C@]4(C)[C@@H]3CC[C@@]21C. The average Bonchev–Trinajstić information content (AvgIpc) is 3.15. The third-order valence-electron chi connectivity index (χ3n) is 11.4. The van der Waals surface area contributed by atoms with Gasteiger partial charge in [-0.1, -0.05) is 95.3 Å². The Kier molecular flexibility index (Phi) is 8.57. The molecular weight excluding hydrogens is 496 g/mol. The molecule has 0 heterocycles. The first-order valence-corrected chi connectivity index (χ1v) is 15.9. The van der Waals surface area contributed by atoms with Crippen LogP contribution in [0, 0.1) is 52.3 Å². The van der Waals surface area contributed by atoms with E-state index in [1.54, 1.807) is 5.57 Å². The van der Waals surface area contributed by atoms with E-state index in [0.29, 0.717) is 10.8 Å². The molecule has 3 fully saturated rings. The predicted octanol–water partition coefficient (Wildman–Crippen LogP) is 9.36. The van der Waals surface area contributed by atoms with Crippen LogP contribution in [0.4, 0.5) is 0 Å². The molecule has 0 aromatic carbocycles. The number of alkyl halides is 1. The van der Waals surface area contributed by atoms with Crippen molar-refractivity contribution in [2.24, 2.45) is 52.3 Å². The maximum atomic E-state index is 12.6. The minimum Gasteiger partial charge on any atom is -0.461 e. The summed E-state index contributed by atoms with van der Waals surface area (Å²) in [6.07, 6.45) is 17.1. The molecule has 0 spiro atoms. The predicted molar refractivity (Wildman–Crippen MR) is 150 cm³/mol. The Hall–Kier alpha value is -0.310. The molecule has 3 saturated carbocycles. The molecule has 3 heteroatoms. The largest absolute Gasteiger partial charge is 0.461 e. The molecule has 0 aromatic heterocycles. The maximum absolute atomic E-state index is 12.6. The van der Waals surface area contributed by atoms with Crippen molar-refractivity contribution in [1.82, 2.24) is 0 Å². The maximum Gasteiger partial charge on any atom is 0.320 e. The van der Waals surface area contributed by atoms with Crippen LogP contribution in [-0.2, 0) is 9.53 Å². The van der Waals surface area contributed by atoms with Gasteiger partial charge in [0.1, 0.15) is 10.9 Å². The number of hydrogen-bond donors (Lipinski definition) is 0. The first kappa shape index (κ1) is 27.7. The fraction of sp³-hybridized carbons (Fsp3) is 0.906. The van der Waals surface area contributed by atoms with Crippen LogP contribution in [-0.4, -0.2) is 16.9 Å². The van der Waals surface area contributed by atoms with Crippen molar-refractivity contribution in [2.45, 2.75) is 130 Å². The topological polar surface area (TPSA) is 26.3 Å². The molecule has 0 aliphatic heterocycles. The summed E-state index contributed by atoms with van der Waals surface area (Å²) in [6, 6.07) is 0. The number of rotatable bonds is 8. The highest BCUT2D eigenvalue weighted by Crippen LogP contribution is 2.67. The lowest BCUT2D eigenvalue weighted by Gasteiger charge is -2.58. The summed E-state index contributed by atoms with van der Waals surface area (Å²) in [5, 5.41) is 0. The Balaban J connectivity index is 1.43. The van der Waals surface area contributed by atoms with Crippen molar-refractivity contribution in [1.29, 1.82) is 0 Å². The Morgan fingerprint density at radius 2 is 1.77 bits per heavy atom. The van der Waals surface area contributed by atoms with Gasteiger partial charge in [-0.05, 0) is 97.2 Å². The normalized spacial score (nSPS) is 40.5. The van der Waals surface area contributed by atoms with E-state index in [4.69, 9.17) is 4.74 Å². The molecule has 0 radical (unpaired) electrons. The molecule has 4 aliphatic carbocycles. The van der Waals surface area contributed by atoms with Crippen LogP contribution in [0.3, 0.4) is 0 Å². The smallest absolute Gasteiger partial charge is 0.320 e. The van der Waals surface area contributed by atoms with Crippen LogP contribution >= 0.6 is 15.9 Å². The minimum absolute atomic E-state index is 0.0635. The number of allylic oxidation sites excluding steroid dienone is 1. The van der Waals surface area contributed by atoms with Gasteiger partial charge in [0.2, 0.25) is 0 Å². The molecule has 9 atom stereocenters. The first-order chi connectivity index (χ1) is 16.5. The second-order valence-corrected chi connectivity index (χ2v) is 15.2. The van der Waals surface area contributed by atoms with E-state index in [1.165, 1.54) is 57.8 Å². The van der Waals surface area contributed by atoms with Crippen molar-refractivity contribution < 1.29 is 9.53 Å². The molecule has 0 unspecified atom stereocenters. The van der Waals surface area contributed by atoms with Gasteiger partial charge in [-0.15, -0.1) is 0 Å². The quantitative estimate of drug-likeness (QED) is 0.171. The molecule has 4 rings (SSSR count). The number of hydrogen-bond acceptors (Lipinski definition) is 2. The fourth-order valence-electron chi connectivity index (χ4n) is 9.25. The van der Waals surface area contributed by atoms with Crippen LogP contribution in [0.2, 0.25) is 0 Å². The van der Waals surface area contributed by atoms with E-state index in [0.717, 1.165) is 48.3 Å². The zero-order valence-electron chi connectivity index (χ0n) is 23.7. The molecule has 0 N–H and O–H groups in total. The summed E-state index contributed by atoms with van der Waals surface area (Å²) in [5.74, 6) is 5.42. The van der Waals surface area contributed by atoms with E-state index in [-0.39, 0.29) is 22.8 Å². The van der Waals surface area contributed by atoms with Gasteiger partial charge in [0, 0.05) is 6.42 Å². The van der Waals surface area contributed by atoms with Gasteiger partial charge < -0.3 is 4.74 Å². The Morgan fingerprint density at radius 1 is 1.03 bits per heavy atom. The molecule has 0 bridgehead atoms. The number of halogens is 1. The van der Waals surface area contributed by atoms with Crippen LogP contribution in [0.25, 0.3) is 0 Å². The van der Waals surface area contributed by atoms with E-state index in [2.05, 4.69) is 70.5 Å². The van der Waals surface area contributed by atoms with Crippen LogP contribution in [0.15, 0.2) is 11.6 Å². The van der Waals surface area contributed by atoms with Gasteiger partial charge in [0.05, 0.1) is 0 Å². The Morgan fingerprint density at radius 3 is 2.46 bits per heavy atom. The van der Waals surface area contributed by atoms with Crippen molar-refractivity contribution in [2.75, 3.05) is 0 Å². The van der Waals surface area contributed by atoms with Gasteiger partial charge in [0.15, 0.2) is 0 Å². The Labute approximate surface area is 224 Å². The lowest BCUT2D eigenvalue weighted by atomic mass is 9.47. The van der Waals surface area contributed by atoms with Crippen molar-refractivity contribution in [3.63, 3.8) is 0 Å². The van der Waals surface area contributed by atoms with Crippen molar-refractivity contribution in [3.8, 4) is 0 Å². The van der Waals surface area contributed by atoms with Crippen LogP contribution in [0.5, 0.6) is 0 Å². The molecule has 0 saturated heterocycles. The molecule has 4 aliphatic rings. The highest BCUT2D eigenvalue weighted by molar-refractivity contribution is 9.10. The zero-order chi connectivity index (χ0) is 25.5. The zero-order valence-corrected chi connectivity index (χ0v) is 25.3. The fourth-order valence-corrected chi connectivity index (χ4v) is 9.36. The van der Waals surface area contributed by atoms with Gasteiger partial charge in [0.25, 0.3) is 0 Å². The summed E-state index contributed by atoms with van der Waals surface area (Å²) >= 11 is 3.54. The second kappa shape index (κ2) is 10.8. The van der Waals surface area contributed by atoms with Gasteiger partial charge in [-0.3, -0.25) is 4.79 Å². The van der Waals surface area contributed by atoms with E-state index >= 15 is 0 Å². The summed E-state index contributed by atoms with van der Waals surface area (Å²) in [4.78, 5) is 12.4. The van der Waals surface area contributed by atoms with E-state index in [9.17, 15) is 4.79 Å². The highest BCUT2D eigenvalue weighted by Gasteiger charge is 2.59. The lowest BCUT2D eigenvalue weighted by molar-refractivity contribution is -0.151. The van der Waals surface area contributed by atoms with Crippen molar-refractivity contribution in [3.05, 3.63) is 11.6 Å². The number of fused-ring (bicyclic) bond motifs is 5. The van der Waals surface area contributed by atoms with Crippen molar-refractivity contribution >= 4 is 21.9 Å². The van der Waals surface area contributed by atoms with E-state index < -0.39 is 0 Å². The summed E-state index contributed by atoms with van der Waals surface area (Å²) in [5.41, 5.74) is 2.48. The first-order valence-electron chi connectivity index (χ1n) is 15.0. The summed E-state index contributed by atoms with van der Waals surface area (Å²) in [7, 11) is 0. The van der Waals surface area contributed by atoms with Gasteiger partial charge in [-0.2, -0.15) is 0 Å². The average molecular weight is 550 g/mol. The third kappa shape index (κ3) is 5.33. The number of carbonyl (C=O) groups excluding carboxylic acids is 1. The highest BCUT2D eigenvalue weighted by atomic mass is 79.9. The molecule has 35 heavy (non-hydrogen) atoms. The molecule has 0 aromatic rings. The molecular formula is C32H53BrO2. The Bertz CT molecular complexity index is 786. The summed E-state index contributed by atoms with van der Waals surface area (Å²) < 4.78 is 5.99. The van der Waals surface area contributed by atoms with Gasteiger partial charge in [-0.25, -0.2) is 0 Å². The number of ether oxygens (including phenoxy) is 1. The lowest BCUT2D eigenvalue weighted by Crippen LogP contribution is -2.51. The van der Waals surface area contributed by atoms with E-state index in [1.807, 2.05) is 0 Å². The summed E-state index contributed by atoms with van der Waals surface area (Å²) in [6.45, 7) is 16.7. The minimum atomic E-state index is -0.195.